The van der Waals surface area contributed by atoms with E-state index in [1.165, 1.54) is 18.1 Å². The number of aromatic nitrogens is 4. The molecule has 0 fully saturated rings. The molecule has 3 N–H and O–H groups in total. The van der Waals surface area contributed by atoms with Crippen molar-refractivity contribution in [1.29, 1.82) is 0 Å². The molecule has 0 aliphatic carbocycles. The summed E-state index contributed by atoms with van der Waals surface area (Å²) in [5, 5.41) is 1.51. The SMILES string of the molecule is NCCc1ccc(Sc2ncnc3nc[nH]c23)c(Cl)c1. The summed E-state index contributed by atoms with van der Waals surface area (Å²) in [6.07, 6.45) is 3.93. The lowest BCUT2D eigenvalue weighted by molar-refractivity contribution is 0.966. The van der Waals surface area contributed by atoms with Gasteiger partial charge in [-0.25, -0.2) is 15.0 Å². The number of halogens is 1. The zero-order chi connectivity index (χ0) is 13.9. The summed E-state index contributed by atoms with van der Waals surface area (Å²) in [5.74, 6) is 0. The van der Waals surface area contributed by atoms with Crippen molar-refractivity contribution in [2.45, 2.75) is 16.3 Å². The van der Waals surface area contributed by atoms with E-state index >= 15 is 0 Å². The Labute approximate surface area is 125 Å². The molecule has 3 aromatic rings. The van der Waals surface area contributed by atoms with Crippen LogP contribution in [0.4, 0.5) is 0 Å². The number of hydrogen-bond acceptors (Lipinski definition) is 5. The van der Waals surface area contributed by atoms with Gasteiger partial charge in [0.1, 0.15) is 16.9 Å². The molecule has 2 aromatic heterocycles. The van der Waals surface area contributed by atoms with Crippen LogP contribution in [0.5, 0.6) is 0 Å². The van der Waals surface area contributed by atoms with Crippen molar-refractivity contribution < 1.29 is 0 Å². The Hall–Kier alpha value is -1.63. The van der Waals surface area contributed by atoms with Gasteiger partial charge in [-0.15, -0.1) is 0 Å². The van der Waals surface area contributed by atoms with Gasteiger partial charge in [0.05, 0.1) is 11.3 Å². The van der Waals surface area contributed by atoms with Crippen LogP contribution in [-0.2, 0) is 6.42 Å². The van der Waals surface area contributed by atoms with E-state index in [1.54, 1.807) is 6.33 Å². The molecule has 0 amide bonds. The maximum absolute atomic E-state index is 6.31. The highest BCUT2D eigenvalue weighted by molar-refractivity contribution is 7.99. The van der Waals surface area contributed by atoms with Crippen LogP contribution in [0.3, 0.4) is 0 Å². The second-order valence-electron chi connectivity index (χ2n) is 4.19. The molecule has 0 spiro atoms. The summed E-state index contributed by atoms with van der Waals surface area (Å²) < 4.78 is 0. The molecule has 7 heteroatoms. The minimum absolute atomic E-state index is 0.615. The molecular formula is C13H12ClN5S. The van der Waals surface area contributed by atoms with Crippen LogP contribution in [0, 0.1) is 0 Å². The Balaban J connectivity index is 1.93. The smallest absolute Gasteiger partial charge is 0.181 e. The van der Waals surface area contributed by atoms with Crippen molar-refractivity contribution in [2.75, 3.05) is 6.54 Å². The summed E-state index contributed by atoms with van der Waals surface area (Å²) >= 11 is 7.80. The topological polar surface area (TPSA) is 80.5 Å². The second-order valence-corrected chi connectivity index (χ2v) is 5.62. The van der Waals surface area contributed by atoms with Crippen LogP contribution in [0.15, 0.2) is 40.8 Å². The fraction of sp³-hybridized carbons (Fsp3) is 0.154. The number of aromatic amines is 1. The van der Waals surface area contributed by atoms with Crippen molar-refractivity contribution in [3.63, 3.8) is 0 Å². The van der Waals surface area contributed by atoms with Gasteiger partial charge in [-0.1, -0.05) is 29.4 Å². The monoisotopic (exact) mass is 305 g/mol. The van der Waals surface area contributed by atoms with E-state index in [2.05, 4.69) is 19.9 Å². The molecule has 20 heavy (non-hydrogen) atoms. The number of imidazole rings is 1. The molecule has 102 valence electrons. The first kappa shape index (κ1) is 13.4. The predicted molar refractivity (Wildman–Crippen MR) is 80.0 cm³/mol. The second kappa shape index (κ2) is 5.78. The van der Waals surface area contributed by atoms with Crippen molar-refractivity contribution in [3.05, 3.63) is 41.4 Å². The highest BCUT2D eigenvalue weighted by Gasteiger charge is 2.10. The summed E-state index contributed by atoms with van der Waals surface area (Å²) in [6, 6.07) is 5.97. The summed E-state index contributed by atoms with van der Waals surface area (Å²) in [6.45, 7) is 0.615. The lowest BCUT2D eigenvalue weighted by atomic mass is 10.1. The molecule has 0 bridgehead atoms. The third-order valence-corrected chi connectivity index (χ3v) is 4.33. The van der Waals surface area contributed by atoms with Gasteiger partial charge >= 0.3 is 0 Å². The van der Waals surface area contributed by atoms with E-state index in [0.29, 0.717) is 17.2 Å². The van der Waals surface area contributed by atoms with Crippen LogP contribution in [0.1, 0.15) is 5.56 Å². The molecule has 0 aliphatic rings. The maximum Gasteiger partial charge on any atom is 0.181 e. The number of fused-ring (bicyclic) bond motifs is 1. The van der Waals surface area contributed by atoms with Gasteiger partial charge in [-0.3, -0.25) is 0 Å². The Morgan fingerprint density at radius 2 is 2.15 bits per heavy atom. The lowest BCUT2D eigenvalue weighted by Gasteiger charge is -2.06. The number of nitrogens with one attached hydrogen (secondary N) is 1. The number of H-pyrrole nitrogens is 1. The average Bonchev–Trinajstić information content (AvgIpc) is 2.91. The highest BCUT2D eigenvalue weighted by atomic mass is 35.5. The van der Waals surface area contributed by atoms with Gasteiger partial charge in [0.25, 0.3) is 0 Å². The van der Waals surface area contributed by atoms with E-state index in [9.17, 15) is 0 Å². The fourth-order valence-corrected chi connectivity index (χ4v) is 3.05. The lowest BCUT2D eigenvalue weighted by Crippen LogP contribution is -2.02. The van der Waals surface area contributed by atoms with Gasteiger partial charge in [-0.05, 0) is 30.7 Å². The Morgan fingerprint density at radius 1 is 1.25 bits per heavy atom. The number of rotatable bonds is 4. The minimum Gasteiger partial charge on any atom is -0.341 e. The third-order valence-electron chi connectivity index (χ3n) is 2.82. The minimum atomic E-state index is 0.615. The van der Waals surface area contributed by atoms with Crippen LogP contribution in [0.2, 0.25) is 5.02 Å². The number of nitrogens with two attached hydrogens (primary N) is 1. The van der Waals surface area contributed by atoms with Crippen LogP contribution in [-0.4, -0.2) is 26.5 Å². The zero-order valence-corrected chi connectivity index (χ0v) is 12.1. The standard InChI is InChI=1S/C13H12ClN5S/c14-9-5-8(3-4-15)1-2-10(9)20-13-11-12(17-6-16-11)18-7-19-13/h1-2,5-7H,3-4,15H2,(H,16,17,18,19). The molecule has 1 aromatic carbocycles. The number of hydrogen-bond donors (Lipinski definition) is 2. The van der Waals surface area contributed by atoms with Gasteiger partial charge in [0, 0.05) is 4.90 Å². The Kier molecular flexibility index (Phi) is 3.86. The van der Waals surface area contributed by atoms with Crippen molar-refractivity contribution in [2.24, 2.45) is 5.73 Å². The first-order chi connectivity index (χ1) is 9.78. The zero-order valence-electron chi connectivity index (χ0n) is 10.5. The van der Waals surface area contributed by atoms with Gasteiger partial charge in [-0.2, -0.15) is 0 Å². The van der Waals surface area contributed by atoms with Crippen LogP contribution < -0.4 is 5.73 Å². The first-order valence-corrected chi connectivity index (χ1v) is 7.28. The van der Waals surface area contributed by atoms with Crippen molar-refractivity contribution >= 4 is 34.5 Å². The normalized spacial score (nSPS) is 11.1. The largest absolute Gasteiger partial charge is 0.341 e. The average molecular weight is 306 g/mol. The molecule has 5 nitrogen and oxygen atoms in total. The Morgan fingerprint density at radius 3 is 2.95 bits per heavy atom. The van der Waals surface area contributed by atoms with Crippen LogP contribution >= 0.6 is 23.4 Å². The molecule has 0 saturated carbocycles. The molecule has 0 unspecified atom stereocenters. The molecular weight excluding hydrogens is 294 g/mol. The predicted octanol–water partition coefficient (Wildman–Crippen LogP) is 2.66. The quantitative estimate of drug-likeness (QED) is 0.724. The summed E-state index contributed by atoms with van der Waals surface area (Å²) in [4.78, 5) is 16.5. The molecule has 0 atom stereocenters. The van der Waals surface area contributed by atoms with Crippen molar-refractivity contribution in [3.8, 4) is 0 Å². The number of benzene rings is 1. The Bertz CT molecular complexity index is 742. The van der Waals surface area contributed by atoms with Gasteiger partial charge in [0.2, 0.25) is 0 Å². The van der Waals surface area contributed by atoms with E-state index in [-0.39, 0.29) is 0 Å². The first-order valence-electron chi connectivity index (χ1n) is 6.08. The molecule has 0 saturated heterocycles. The molecule has 3 rings (SSSR count). The molecule has 2 heterocycles. The summed E-state index contributed by atoms with van der Waals surface area (Å²) in [7, 11) is 0. The molecule has 0 radical (unpaired) electrons. The van der Waals surface area contributed by atoms with Crippen LogP contribution in [0.25, 0.3) is 11.2 Å². The van der Waals surface area contributed by atoms with E-state index in [1.807, 2.05) is 18.2 Å². The molecule has 0 aliphatic heterocycles. The third kappa shape index (κ3) is 2.63. The van der Waals surface area contributed by atoms with Crippen molar-refractivity contribution in [1.82, 2.24) is 19.9 Å². The van der Waals surface area contributed by atoms with Gasteiger partial charge in [0.15, 0.2) is 5.65 Å². The summed E-state index contributed by atoms with van der Waals surface area (Å²) in [5.41, 5.74) is 8.15. The van der Waals surface area contributed by atoms with E-state index in [4.69, 9.17) is 17.3 Å². The maximum atomic E-state index is 6.31. The van der Waals surface area contributed by atoms with E-state index < -0.39 is 0 Å². The highest BCUT2D eigenvalue weighted by Crippen LogP contribution is 2.34. The van der Waals surface area contributed by atoms with E-state index in [0.717, 1.165) is 27.4 Å². The van der Waals surface area contributed by atoms with Gasteiger partial charge < -0.3 is 10.7 Å². The number of nitrogens with zero attached hydrogens (tertiary/aromatic N) is 3. The fourth-order valence-electron chi connectivity index (χ4n) is 1.87.